The standard InChI is InChI=1S/C17H23N3O3/c18-14-5-4-12(10-14)16(21)19-15-3-1-2-13(11-15)17(22)20-6-8-23-9-7-20/h1-3,11-12,14H,4-10,18H2,(H,19,21). The Morgan fingerprint density at radius 2 is 2.00 bits per heavy atom. The van der Waals surface area contributed by atoms with Crippen LogP contribution in [0.15, 0.2) is 24.3 Å². The van der Waals surface area contributed by atoms with Gasteiger partial charge in [0.05, 0.1) is 13.2 Å². The van der Waals surface area contributed by atoms with Crippen LogP contribution in [0.3, 0.4) is 0 Å². The fourth-order valence-corrected chi connectivity index (χ4v) is 3.18. The van der Waals surface area contributed by atoms with E-state index in [0.717, 1.165) is 19.3 Å². The molecular formula is C17H23N3O3. The predicted molar refractivity (Wildman–Crippen MR) is 87.1 cm³/mol. The summed E-state index contributed by atoms with van der Waals surface area (Å²) < 4.78 is 5.27. The molecule has 1 aliphatic carbocycles. The zero-order valence-corrected chi connectivity index (χ0v) is 13.2. The van der Waals surface area contributed by atoms with Crippen LogP contribution in [0.25, 0.3) is 0 Å². The molecule has 2 amide bonds. The number of benzene rings is 1. The summed E-state index contributed by atoms with van der Waals surface area (Å²) in [7, 11) is 0. The topological polar surface area (TPSA) is 84.7 Å². The van der Waals surface area contributed by atoms with E-state index in [4.69, 9.17) is 10.5 Å². The number of nitrogens with zero attached hydrogens (tertiary/aromatic N) is 1. The zero-order valence-electron chi connectivity index (χ0n) is 13.2. The largest absolute Gasteiger partial charge is 0.378 e. The van der Waals surface area contributed by atoms with Gasteiger partial charge in [-0.15, -0.1) is 0 Å². The fraction of sp³-hybridized carbons (Fsp3) is 0.529. The summed E-state index contributed by atoms with van der Waals surface area (Å²) in [6.45, 7) is 2.36. The average Bonchev–Trinajstić information content (AvgIpc) is 3.02. The van der Waals surface area contributed by atoms with Crippen LogP contribution in [0.4, 0.5) is 5.69 Å². The van der Waals surface area contributed by atoms with E-state index in [-0.39, 0.29) is 23.8 Å². The first-order valence-corrected chi connectivity index (χ1v) is 8.17. The van der Waals surface area contributed by atoms with Crippen molar-refractivity contribution in [3.8, 4) is 0 Å². The molecule has 1 heterocycles. The highest BCUT2D eigenvalue weighted by Crippen LogP contribution is 2.25. The van der Waals surface area contributed by atoms with E-state index in [9.17, 15) is 9.59 Å². The van der Waals surface area contributed by atoms with Crippen LogP contribution >= 0.6 is 0 Å². The van der Waals surface area contributed by atoms with E-state index in [1.165, 1.54) is 0 Å². The molecule has 0 bridgehead atoms. The van der Waals surface area contributed by atoms with Crippen molar-refractivity contribution in [1.29, 1.82) is 0 Å². The molecule has 23 heavy (non-hydrogen) atoms. The summed E-state index contributed by atoms with van der Waals surface area (Å²) in [6.07, 6.45) is 2.46. The number of hydrogen-bond acceptors (Lipinski definition) is 4. The third-order valence-corrected chi connectivity index (χ3v) is 4.52. The quantitative estimate of drug-likeness (QED) is 0.878. The van der Waals surface area contributed by atoms with E-state index in [1.807, 2.05) is 6.07 Å². The lowest BCUT2D eigenvalue weighted by atomic mass is 10.1. The van der Waals surface area contributed by atoms with Crippen LogP contribution in [0.2, 0.25) is 0 Å². The second-order valence-corrected chi connectivity index (χ2v) is 6.24. The van der Waals surface area contributed by atoms with Crippen molar-refractivity contribution in [3.63, 3.8) is 0 Å². The van der Waals surface area contributed by atoms with Crippen molar-refractivity contribution in [3.05, 3.63) is 29.8 Å². The molecule has 2 aliphatic rings. The number of carbonyl (C=O) groups excluding carboxylic acids is 2. The lowest BCUT2D eigenvalue weighted by Crippen LogP contribution is -2.40. The van der Waals surface area contributed by atoms with Crippen molar-refractivity contribution >= 4 is 17.5 Å². The number of nitrogens with one attached hydrogen (secondary N) is 1. The van der Waals surface area contributed by atoms with Gasteiger partial charge in [-0.3, -0.25) is 9.59 Å². The molecule has 3 rings (SSSR count). The molecular weight excluding hydrogens is 294 g/mol. The molecule has 2 fully saturated rings. The number of nitrogens with two attached hydrogens (primary N) is 1. The molecule has 6 heteroatoms. The molecule has 2 unspecified atom stereocenters. The van der Waals surface area contributed by atoms with Gasteiger partial charge in [0.2, 0.25) is 5.91 Å². The normalized spacial score (nSPS) is 24.5. The van der Waals surface area contributed by atoms with Crippen molar-refractivity contribution < 1.29 is 14.3 Å². The van der Waals surface area contributed by atoms with E-state index in [2.05, 4.69) is 5.32 Å². The van der Waals surface area contributed by atoms with Crippen LogP contribution in [0.1, 0.15) is 29.6 Å². The molecule has 1 saturated heterocycles. The van der Waals surface area contributed by atoms with Crippen LogP contribution in [0.5, 0.6) is 0 Å². The number of carbonyl (C=O) groups is 2. The van der Waals surface area contributed by atoms with Crippen molar-refractivity contribution in [1.82, 2.24) is 4.90 Å². The number of anilines is 1. The zero-order chi connectivity index (χ0) is 16.2. The number of ether oxygens (including phenoxy) is 1. The molecule has 1 aromatic carbocycles. The van der Waals surface area contributed by atoms with E-state index in [1.54, 1.807) is 23.1 Å². The third-order valence-electron chi connectivity index (χ3n) is 4.52. The Labute approximate surface area is 136 Å². The van der Waals surface area contributed by atoms with Crippen LogP contribution in [-0.2, 0) is 9.53 Å². The first-order valence-electron chi connectivity index (χ1n) is 8.17. The molecule has 124 valence electrons. The summed E-state index contributed by atoms with van der Waals surface area (Å²) in [5, 5.41) is 2.91. The highest BCUT2D eigenvalue weighted by molar-refractivity contribution is 5.97. The predicted octanol–water partition coefficient (Wildman–Crippen LogP) is 1.22. The van der Waals surface area contributed by atoms with Crippen LogP contribution in [-0.4, -0.2) is 49.1 Å². The SMILES string of the molecule is NC1CCC(C(=O)Nc2cccc(C(=O)N3CCOCC3)c2)C1. The average molecular weight is 317 g/mol. The highest BCUT2D eigenvalue weighted by Gasteiger charge is 2.28. The molecule has 6 nitrogen and oxygen atoms in total. The van der Waals surface area contributed by atoms with Gasteiger partial charge in [-0.2, -0.15) is 0 Å². The Bertz CT molecular complexity index is 584. The Hall–Kier alpha value is -1.92. The van der Waals surface area contributed by atoms with Gasteiger partial charge in [-0.1, -0.05) is 6.07 Å². The number of rotatable bonds is 3. The first-order chi connectivity index (χ1) is 11.1. The monoisotopic (exact) mass is 317 g/mol. The Kier molecular flexibility index (Phi) is 4.93. The number of hydrogen-bond donors (Lipinski definition) is 2. The van der Waals surface area contributed by atoms with Crippen molar-refractivity contribution in [2.24, 2.45) is 11.7 Å². The van der Waals surface area contributed by atoms with Crippen molar-refractivity contribution in [2.45, 2.75) is 25.3 Å². The Balaban J connectivity index is 1.65. The maximum absolute atomic E-state index is 12.5. The summed E-state index contributed by atoms with van der Waals surface area (Å²) in [6, 6.07) is 7.25. The Morgan fingerprint density at radius 1 is 1.22 bits per heavy atom. The first kappa shape index (κ1) is 16.0. The smallest absolute Gasteiger partial charge is 0.254 e. The van der Waals surface area contributed by atoms with Gasteiger partial charge in [0, 0.05) is 36.3 Å². The highest BCUT2D eigenvalue weighted by atomic mass is 16.5. The second-order valence-electron chi connectivity index (χ2n) is 6.24. The molecule has 0 radical (unpaired) electrons. The molecule has 0 aromatic heterocycles. The van der Waals surface area contributed by atoms with Gasteiger partial charge in [-0.05, 0) is 37.5 Å². The fourth-order valence-electron chi connectivity index (χ4n) is 3.18. The van der Waals surface area contributed by atoms with Gasteiger partial charge in [0.1, 0.15) is 0 Å². The Morgan fingerprint density at radius 3 is 2.70 bits per heavy atom. The molecule has 3 N–H and O–H groups in total. The molecule has 1 saturated carbocycles. The summed E-state index contributed by atoms with van der Waals surface area (Å²) >= 11 is 0. The van der Waals surface area contributed by atoms with Gasteiger partial charge in [-0.25, -0.2) is 0 Å². The van der Waals surface area contributed by atoms with Crippen molar-refractivity contribution in [2.75, 3.05) is 31.6 Å². The van der Waals surface area contributed by atoms with E-state index < -0.39 is 0 Å². The molecule has 2 atom stereocenters. The second kappa shape index (κ2) is 7.10. The van der Waals surface area contributed by atoms with Crippen LogP contribution in [0, 0.1) is 5.92 Å². The molecule has 1 aliphatic heterocycles. The summed E-state index contributed by atoms with van der Waals surface area (Å²) in [5.41, 5.74) is 7.11. The summed E-state index contributed by atoms with van der Waals surface area (Å²) in [4.78, 5) is 26.5. The van der Waals surface area contributed by atoms with Gasteiger partial charge in [0.25, 0.3) is 5.91 Å². The third kappa shape index (κ3) is 3.89. The number of amides is 2. The van der Waals surface area contributed by atoms with Crippen LogP contribution < -0.4 is 11.1 Å². The lowest BCUT2D eigenvalue weighted by molar-refractivity contribution is -0.119. The minimum absolute atomic E-state index is 0.00563. The lowest BCUT2D eigenvalue weighted by Gasteiger charge is -2.27. The number of morpholine rings is 1. The minimum atomic E-state index is -0.0244. The molecule has 1 aromatic rings. The van der Waals surface area contributed by atoms with Gasteiger partial charge in [0.15, 0.2) is 0 Å². The van der Waals surface area contributed by atoms with Gasteiger partial charge < -0.3 is 20.7 Å². The van der Waals surface area contributed by atoms with E-state index >= 15 is 0 Å². The minimum Gasteiger partial charge on any atom is -0.378 e. The summed E-state index contributed by atoms with van der Waals surface area (Å²) in [5.74, 6) is -0.0511. The maximum atomic E-state index is 12.5. The maximum Gasteiger partial charge on any atom is 0.254 e. The molecule has 0 spiro atoms. The van der Waals surface area contributed by atoms with Gasteiger partial charge >= 0.3 is 0 Å². The van der Waals surface area contributed by atoms with E-state index in [0.29, 0.717) is 37.6 Å².